The summed E-state index contributed by atoms with van der Waals surface area (Å²) < 4.78 is 10.9. The molecule has 1 aromatic rings. The van der Waals surface area contributed by atoms with Crippen molar-refractivity contribution in [2.45, 2.75) is 51.9 Å². The van der Waals surface area contributed by atoms with Gasteiger partial charge in [0.1, 0.15) is 0 Å². The van der Waals surface area contributed by atoms with Crippen LogP contribution in [0.15, 0.2) is 30.3 Å². The zero-order valence-corrected chi connectivity index (χ0v) is 11.7. The molecule has 0 aliphatic rings. The first-order chi connectivity index (χ1) is 9.08. The highest BCUT2D eigenvalue weighted by Crippen LogP contribution is 2.27. The predicted octanol–water partition coefficient (Wildman–Crippen LogP) is 4.02. The van der Waals surface area contributed by atoms with Crippen molar-refractivity contribution < 1.29 is 19.4 Å². The summed E-state index contributed by atoms with van der Waals surface area (Å²) in [7, 11) is 0. The minimum Gasteiger partial charge on any atom is -0.450 e. The second kappa shape index (κ2) is 7.79. The van der Waals surface area contributed by atoms with Crippen LogP contribution in [0.2, 0.25) is 0 Å². The molecular weight excluding hydrogens is 244 g/mol. The molecule has 1 aromatic carbocycles. The molecule has 0 spiro atoms. The smallest absolute Gasteiger partial charge is 0.450 e. The number of ether oxygens (including phenoxy) is 2. The topological polar surface area (TPSA) is 55.8 Å². The molecule has 0 aromatic heterocycles. The van der Waals surface area contributed by atoms with Gasteiger partial charge in [0, 0.05) is 0 Å². The van der Waals surface area contributed by atoms with E-state index in [4.69, 9.17) is 14.6 Å². The zero-order chi connectivity index (χ0) is 14.3. The van der Waals surface area contributed by atoms with Gasteiger partial charge < -0.3 is 14.6 Å². The Kier molecular flexibility index (Phi) is 6.36. The third-order valence-electron chi connectivity index (χ3n) is 3.08. The molecule has 3 unspecified atom stereocenters. The van der Waals surface area contributed by atoms with E-state index in [0.29, 0.717) is 6.42 Å². The first kappa shape index (κ1) is 15.5. The molecule has 0 aliphatic carbocycles. The second-order valence-corrected chi connectivity index (χ2v) is 4.52. The van der Waals surface area contributed by atoms with Gasteiger partial charge in [0.2, 0.25) is 0 Å². The maximum Gasteiger partial charge on any atom is 0.506 e. The fraction of sp³-hybridized carbons (Fsp3) is 0.533. The molecular formula is C15H22O4. The Labute approximate surface area is 114 Å². The Hall–Kier alpha value is -1.55. The van der Waals surface area contributed by atoms with Gasteiger partial charge in [0.05, 0.1) is 12.2 Å². The van der Waals surface area contributed by atoms with Gasteiger partial charge in [0.25, 0.3) is 0 Å². The number of rotatable bonds is 7. The van der Waals surface area contributed by atoms with Crippen LogP contribution in [0.25, 0.3) is 0 Å². The Balaban J connectivity index is 2.91. The van der Waals surface area contributed by atoms with Gasteiger partial charge in [-0.05, 0) is 25.3 Å². The summed E-state index contributed by atoms with van der Waals surface area (Å²) >= 11 is 0. The van der Waals surface area contributed by atoms with Crippen molar-refractivity contribution >= 4 is 6.16 Å². The van der Waals surface area contributed by atoms with E-state index in [1.54, 1.807) is 0 Å². The third-order valence-corrected chi connectivity index (χ3v) is 3.08. The highest BCUT2D eigenvalue weighted by molar-refractivity contribution is 5.57. The summed E-state index contributed by atoms with van der Waals surface area (Å²) in [4.78, 5) is 10.9. The molecule has 0 saturated carbocycles. The van der Waals surface area contributed by atoms with Crippen molar-refractivity contribution in [2.75, 3.05) is 0 Å². The normalized spacial score (nSPS) is 15.5. The van der Waals surface area contributed by atoms with Crippen LogP contribution in [-0.2, 0) is 9.47 Å². The van der Waals surface area contributed by atoms with Crippen molar-refractivity contribution in [3.05, 3.63) is 35.9 Å². The van der Waals surface area contributed by atoms with Crippen LogP contribution in [0.3, 0.4) is 0 Å². The minimum absolute atomic E-state index is 0.0774. The van der Waals surface area contributed by atoms with Crippen LogP contribution in [0.1, 0.15) is 45.3 Å². The molecule has 0 heterocycles. The van der Waals surface area contributed by atoms with Crippen LogP contribution in [0.4, 0.5) is 4.79 Å². The largest absolute Gasteiger partial charge is 0.506 e. The van der Waals surface area contributed by atoms with Crippen molar-refractivity contribution in [2.24, 2.45) is 0 Å². The molecule has 4 nitrogen and oxygen atoms in total. The lowest BCUT2D eigenvalue weighted by atomic mass is 10.0. The molecule has 0 fully saturated rings. The van der Waals surface area contributed by atoms with Gasteiger partial charge in [0.15, 0.2) is 6.10 Å². The molecule has 0 radical (unpaired) electrons. The Morgan fingerprint density at radius 1 is 1.21 bits per heavy atom. The molecule has 0 amide bonds. The van der Waals surface area contributed by atoms with E-state index >= 15 is 0 Å². The van der Waals surface area contributed by atoms with Crippen LogP contribution >= 0.6 is 0 Å². The van der Waals surface area contributed by atoms with Gasteiger partial charge in [-0.15, -0.1) is 0 Å². The van der Waals surface area contributed by atoms with E-state index < -0.39 is 12.3 Å². The maximum atomic E-state index is 10.9. The summed E-state index contributed by atoms with van der Waals surface area (Å²) in [6, 6.07) is 9.33. The van der Waals surface area contributed by atoms with Gasteiger partial charge in [-0.1, -0.05) is 44.2 Å². The lowest BCUT2D eigenvalue weighted by Crippen LogP contribution is -2.29. The number of hydrogen-bond acceptors (Lipinski definition) is 3. The Morgan fingerprint density at radius 3 is 2.32 bits per heavy atom. The summed E-state index contributed by atoms with van der Waals surface area (Å²) in [5.41, 5.74) is 0.819. The SMILES string of the molecule is CCC(C)OC(CC)C(OC(=O)O)c1ccccc1. The lowest BCUT2D eigenvalue weighted by molar-refractivity contribution is -0.0865. The van der Waals surface area contributed by atoms with Gasteiger partial charge in [-0.25, -0.2) is 4.79 Å². The van der Waals surface area contributed by atoms with E-state index in [0.717, 1.165) is 12.0 Å². The molecule has 0 saturated heterocycles. The van der Waals surface area contributed by atoms with Gasteiger partial charge in [-0.3, -0.25) is 0 Å². The molecule has 4 heteroatoms. The standard InChI is InChI=1S/C15H22O4/c1-4-11(3)18-13(5-2)14(19-15(16)17)12-9-7-6-8-10-12/h6-11,13-14H,4-5H2,1-3H3,(H,16,17). The highest BCUT2D eigenvalue weighted by Gasteiger charge is 2.27. The monoisotopic (exact) mass is 266 g/mol. The maximum absolute atomic E-state index is 10.9. The van der Waals surface area contributed by atoms with Crippen molar-refractivity contribution in [3.63, 3.8) is 0 Å². The molecule has 19 heavy (non-hydrogen) atoms. The van der Waals surface area contributed by atoms with E-state index in [-0.39, 0.29) is 12.2 Å². The zero-order valence-electron chi connectivity index (χ0n) is 11.7. The number of carbonyl (C=O) groups is 1. The summed E-state index contributed by atoms with van der Waals surface area (Å²) in [6.07, 6.45) is -0.484. The Morgan fingerprint density at radius 2 is 1.84 bits per heavy atom. The molecule has 1 N–H and O–H groups in total. The van der Waals surface area contributed by atoms with Crippen molar-refractivity contribution in [3.8, 4) is 0 Å². The average Bonchev–Trinajstić information content (AvgIpc) is 2.43. The first-order valence-corrected chi connectivity index (χ1v) is 6.68. The van der Waals surface area contributed by atoms with Crippen LogP contribution in [0, 0.1) is 0 Å². The third kappa shape index (κ3) is 4.91. The first-order valence-electron chi connectivity index (χ1n) is 6.68. The van der Waals surface area contributed by atoms with Gasteiger partial charge >= 0.3 is 6.16 Å². The molecule has 3 atom stereocenters. The lowest BCUT2D eigenvalue weighted by Gasteiger charge is -2.28. The fourth-order valence-electron chi connectivity index (χ4n) is 1.89. The molecule has 106 valence electrons. The quantitative estimate of drug-likeness (QED) is 0.757. The minimum atomic E-state index is -1.28. The molecule has 0 aliphatic heterocycles. The van der Waals surface area contributed by atoms with E-state index in [2.05, 4.69) is 0 Å². The fourth-order valence-corrected chi connectivity index (χ4v) is 1.89. The predicted molar refractivity (Wildman–Crippen MR) is 73.2 cm³/mol. The number of benzene rings is 1. The molecule has 0 bridgehead atoms. The number of carboxylic acid groups (broad SMARTS) is 1. The van der Waals surface area contributed by atoms with Crippen LogP contribution in [0.5, 0.6) is 0 Å². The van der Waals surface area contributed by atoms with Crippen molar-refractivity contribution in [1.82, 2.24) is 0 Å². The van der Waals surface area contributed by atoms with Crippen LogP contribution in [-0.4, -0.2) is 23.5 Å². The van der Waals surface area contributed by atoms with E-state index in [1.165, 1.54) is 0 Å². The van der Waals surface area contributed by atoms with Crippen LogP contribution < -0.4 is 0 Å². The summed E-state index contributed by atoms with van der Waals surface area (Å²) in [6.45, 7) is 5.98. The van der Waals surface area contributed by atoms with E-state index in [9.17, 15) is 4.79 Å². The van der Waals surface area contributed by atoms with E-state index in [1.807, 2.05) is 51.1 Å². The van der Waals surface area contributed by atoms with Gasteiger partial charge in [-0.2, -0.15) is 0 Å². The van der Waals surface area contributed by atoms with Crippen molar-refractivity contribution in [1.29, 1.82) is 0 Å². The second-order valence-electron chi connectivity index (χ2n) is 4.52. The summed E-state index contributed by atoms with van der Waals surface area (Å²) in [5, 5.41) is 8.90. The Bertz CT molecular complexity index is 377. The highest BCUT2D eigenvalue weighted by atomic mass is 16.7. The number of hydrogen-bond donors (Lipinski definition) is 1. The average molecular weight is 266 g/mol. The summed E-state index contributed by atoms with van der Waals surface area (Å²) in [5.74, 6) is 0. The molecule has 1 rings (SSSR count).